The molecule has 2 rings (SSSR count). The molecule has 2 aliphatic heterocycles. The molecule has 0 unspecified atom stereocenters. The summed E-state index contributed by atoms with van der Waals surface area (Å²) in [6.45, 7) is 6.40. The van der Waals surface area contributed by atoms with Crippen LogP contribution in [-0.2, 0) is 0 Å². The molecule has 3 heteroatoms. The van der Waals surface area contributed by atoms with Gasteiger partial charge in [-0.3, -0.25) is 0 Å². The molecule has 0 radical (unpaired) electrons. The zero-order valence-electron chi connectivity index (χ0n) is 10.7. The van der Waals surface area contributed by atoms with E-state index < -0.39 is 0 Å². The molecule has 2 fully saturated rings. The molecule has 0 aromatic rings. The summed E-state index contributed by atoms with van der Waals surface area (Å²) in [4.78, 5) is 4.99. The molecular formula is C13H26N2O. The monoisotopic (exact) mass is 226 g/mol. The highest BCUT2D eigenvalue weighted by Gasteiger charge is 2.32. The highest BCUT2D eigenvalue weighted by molar-refractivity contribution is 4.87. The van der Waals surface area contributed by atoms with Crippen molar-refractivity contribution in [1.82, 2.24) is 9.80 Å². The first-order chi connectivity index (χ1) is 7.66. The summed E-state index contributed by atoms with van der Waals surface area (Å²) in [5.74, 6) is 0.833. The average Bonchev–Trinajstić information content (AvgIpc) is 2.64. The summed E-state index contributed by atoms with van der Waals surface area (Å²) < 4.78 is 0. The predicted octanol–water partition coefficient (Wildman–Crippen LogP) is 1.17. The molecule has 2 aliphatic rings. The van der Waals surface area contributed by atoms with Crippen LogP contribution < -0.4 is 0 Å². The molecule has 0 spiro atoms. The van der Waals surface area contributed by atoms with Crippen molar-refractivity contribution in [3.8, 4) is 0 Å². The van der Waals surface area contributed by atoms with Gasteiger partial charge in [0.1, 0.15) is 0 Å². The van der Waals surface area contributed by atoms with Crippen LogP contribution in [-0.4, -0.2) is 60.3 Å². The molecule has 1 N–H and O–H groups in total. The molecule has 0 saturated carbocycles. The Morgan fingerprint density at radius 1 is 1.25 bits per heavy atom. The van der Waals surface area contributed by atoms with Gasteiger partial charge in [-0.25, -0.2) is 0 Å². The number of hydrogen-bond donors (Lipinski definition) is 1. The minimum atomic E-state index is -0.181. The number of hydrogen-bond acceptors (Lipinski definition) is 3. The lowest BCUT2D eigenvalue weighted by molar-refractivity contribution is 0.0713. The quantitative estimate of drug-likeness (QED) is 0.782. The number of aliphatic hydroxyl groups is 1. The minimum absolute atomic E-state index is 0.181. The second-order valence-corrected chi connectivity index (χ2v) is 5.70. The molecule has 0 bridgehead atoms. The molecule has 2 saturated heterocycles. The number of β-amino-alcohol motifs (C(OH)–C–C–N with tert-alkyl or cyclic N) is 1. The predicted molar refractivity (Wildman–Crippen MR) is 66.5 cm³/mol. The molecule has 0 aromatic heterocycles. The smallest absolute Gasteiger partial charge is 0.0639 e. The first-order valence-corrected chi connectivity index (χ1v) is 6.77. The van der Waals surface area contributed by atoms with Gasteiger partial charge in [0.05, 0.1) is 6.10 Å². The van der Waals surface area contributed by atoms with Crippen LogP contribution in [0.3, 0.4) is 0 Å². The second-order valence-electron chi connectivity index (χ2n) is 5.70. The number of piperidine rings is 1. The lowest BCUT2D eigenvalue weighted by Crippen LogP contribution is -2.45. The zero-order chi connectivity index (χ0) is 11.5. The fourth-order valence-electron chi connectivity index (χ4n) is 3.48. The van der Waals surface area contributed by atoms with E-state index >= 15 is 0 Å². The highest BCUT2D eigenvalue weighted by Crippen LogP contribution is 2.29. The third kappa shape index (κ3) is 2.96. The van der Waals surface area contributed by atoms with E-state index in [4.69, 9.17) is 0 Å². The van der Waals surface area contributed by atoms with Crippen LogP contribution in [0.15, 0.2) is 0 Å². The largest absolute Gasteiger partial charge is 0.392 e. The Morgan fingerprint density at radius 2 is 2.00 bits per heavy atom. The summed E-state index contributed by atoms with van der Waals surface area (Å²) in [5.41, 5.74) is 0. The summed E-state index contributed by atoms with van der Waals surface area (Å²) in [5, 5.41) is 9.46. The van der Waals surface area contributed by atoms with Gasteiger partial charge in [-0.05, 0) is 58.7 Å². The molecule has 0 aliphatic carbocycles. The van der Waals surface area contributed by atoms with Crippen molar-refractivity contribution >= 4 is 0 Å². The van der Waals surface area contributed by atoms with Crippen LogP contribution in [0.1, 0.15) is 32.6 Å². The molecule has 3 atom stereocenters. The van der Waals surface area contributed by atoms with E-state index in [2.05, 4.69) is 16.8 Å². The van der Waals surface area contributed by atoms with Gasteiger partial charge in [0.25, 0.3) is 0 Å². The molecule has 2 heterocycles. The fourth-order valence-corrected chi connectivity index (χ4v) is 3.48. The number of likely N-dealkylation sites (tertiary alicyclic amines) is 2. The number of aliphatic hydroxyl groups excluding tert-OH is 1. The van der Waals surface area contributed by atoms with Gasteiger partial charge in [0, 0.05) is 19.1 Å². The van der Waals surface area contributed by atoms with Gasteiger partial charge in [-0.2, -0.15) is 0 Å². The van der Waals surface area contributed by atoms with Crippen LogP contribution in [0.25, 0.3) is 0 Å². The second kappa shape index (κ2) is 5.48. The summed E-state index contributed by atoms with van der Waals surface area (Å²) in [6, 6.07) is 0.803. The van der Waals surface area contributed by atoms with Gasteiger partial charge in [0.15, 0.2) is 0 Å². The van der Waals surface area contributed by atoms with E-state index in [0.717, 1.165) is 18.5 Å². The molecule has 94 valence electrons. The SMILES string of the molecule is C[C@H](O)CN1CCC[C@@H]([C@H]2CCCN2C)C1. The van der Waals surface area contributed by atoms with Gasteiger partial charge >= 0.3 is 0 Å². The van der Waals surface area contributed by atoms with Crippen LogP contribution >= 0.6 is 0 Å². The summed E-state index contributed by atoms with van der Waals surface area (Å²) in [7, 11) is 2.27. The van der Waals surface area contributed by atoms with E-state index in [1.807, 2.05) is 6.92 Å². The fraction of sp³-hybridized carbons (Fsp3) is 1.00. The average molecular weight is 226 g/mol. The van der Waals surface area contributed by atoms with Crippen LogP contribution in [0.5, 0.6) is 0 Å². The Hall–Kier alpha value is -0.120. The maximum absolute atomic E-state index is 9.46. The van der Waals surface area contributed by atoms with Crippen LogP contribution in [0.2, 0.25) is 0 Å². The maximum Gasteiger partial charge on any atom is 0.0639 e. The van der Waals surface area contributed by atoms with Crippen LogP contribution in [0.4, 0.5) is 0 Å². The molecule has 0 aromatic carbocycles. The standard InChI is InChI=1S/C13H26N2O/c1-11(16)9-15-8-3-5-12(10-15)13-6-4-7-14(13)2/h11-13,16H,3-10H2,1-2H3/t11-,12+,13+/m0/s1. The van der Waals surface area contributed by atoms with Crippen molar-refractivity contribution < 1.29 is 5.11 Å². The Balaban J connectivity index is 1.86. The Morgan fingerprint density at radius 3 is 2.62 bits per heavy atom. The Bertz CT molecular complexity index is 220. The summed E-state index contributed by atoms with van der Waals surface area (Å²) in [6.07, 6.45) is 5.25. The first-order valence-electron chi connectivity index (χ1n) is 6.77. The van der Waals surface area contributed by atoms with Gasteiger partial charge in [-0.1, -0.05) is 0 Å². The minimum Gasteiger partial charge on any atom is -0.392 e. The molecular weight excluding hydrogens is 200 g/mol. The van der Waals surface area contributed by atoms with Crippen molar-refractivity contribution in [3.63, 3.8) is 0 Å². The molecule has 0 amide bonds. The molecule has 16 heavy (non-hydrogen) atoms. The van der Waals surface area contributed by atoms with Gasteiger partial charge in [-0.15, -0.1) is 0 Å². The van der Waals surface area contributed by atoms with E-state index in [-0.39, 0.29) is 6.10 Å². The topological polar surface area (TPSA) is 26.7 Å². The number of rotatable bonds is 3. The normalized spacial score (nSPS) is 35.4. The van der Waals surface area contributed by atoms with E-state index in [1.165, 1.54) is 45.3 Å². The Kier molecular flexibility index (Phi) is 4.22. The molecule has 3 nitrogen and oxygen atoms in total. The van der Waals surface area contributed by atoms with Crippen molar-refractivity contribution in [2.24, 2.45) is 5.92 Å². The van der Waals surface area contributed by atoms with E-state index in [1.54, 1.807) is 0 Å². The van der Waals surface area contributed by atoms with Crippen molar-refractivity contribution in [3.05, 3.63) is 0 Å². The highest BCUT2D eigenvalue weighted by atomic mass is 16.3. The van der Waals surface area contributed by atoms with Crippen LogP contribution in [0, 0.1) is 5.92 Å². The summed E-state index contributed by atoms with van der Waals surface area (Å²) >= 11 is 0. The third-order valence-electron chi connectivity index (χ3n) is 4.19. The number of nitrogens with zero attached hydrogens (tertiary/aromatic N) is 2. The van der Waals surface area contributed by atoms with Crippen molar-refractivity contribution in [2.75, 3.05) is 33.2 Å². The third-order valence-corrected chi connectivity index (χ3v) is 4.19. The lowest BCUT2D eigenvalue weighted by Gasteiger charge is -2.38. The van der Waals surface area contributed by atoms with Crippen molar-refractivity contribution in [2.45, 2.75) is 44.8 Å². The van der Waals surface area contributed by atoms with E-state index in [0.29, 0.717) is 0 Å². The zero-order valence-corrected chi connectivity index (χ0v) is 10.7. The first kappa shape index (κ1) is 12.3. The lowest BCUT2D eigenvalue weighted by atomic mass is 9.89. The maximum atomic E-state index is 9.46. The van der Waals surface area contributed by atoms with Gasteiger partial charge in [0.2, 0.25) is 0 Å². The van der Waals surface area contributed by atoms with Gasteiger partial charge < -0.3 is 14.9 Å². The van der Waals surface area contributed by atoms with E-state index in [9.17, 15) is 5.11 Å². The Labute approximate surface area is 99.4 Å². The van der Waals surface area contributed by atoms with Crippen molar-refractivity contribution in [1.29, 1.82) is 0 Å².